The van der Waals surface area contributed by atoms with Gasteiger partial charge in [0.25, 0.3) is 0 Å². The Hall–Kier alpha value is -1.59. The van der Waals surface area contributed by atoms with Gasteiger partial charge in [0.05, 0.1) is 17.9 Å². The van der Waals surface area contributed by atoms with E-state index in [9.17, 15) is 9.59 Å². The zero-order chi connectivity index (χ0) is 22.3. The van der Waals surface area contributed by atoms with Crippen molar-refractivity contribution in [2.24, 2.45) is 28.5 Å². The molecule has 27 heavy (non-hydrogen) atoms. The molecule has 0 saturated carbocycles. The van der Waals surface area contributed by atoms with Gasteiger partial charge in [-0.3, -0.25) is 14.6 Å². The van der Waals surface area contributed by atoms with E-state index in [2.05, 4.69) is 10.3 Å². The summed E-state index contributed by atoms with van der Waals surface area (Å²) in [5.41, 5.74) is 5.57. The monoisotopic (exact) mass is 387 g/mol. The minimum absolute atomic E-state index is 0.00704. The first kappa shape index (κ1) is 30.1. The summed E-state index contributed by atoms with van der Waals surface area (Å²) in [6, 6.07) is 0.590. The van der Waals surface area contributed by atoms with E-state index >= 15 is 0 Å². The van der Waals surface area contributed by atoms with E-state index in [1.807, 2.05) is 83.1 Å². The van der Waals surface area contributed by atoms with Crippen LogP contribution in [0.3, 0.4) is 0 Å². The lowest BCUT2D eigenvalue weighted by atomic mass is 10.2. The number of aliphatic imine (C=N–C) groups is 1. The number of nitrogens with zero attached hydrogens (tertiary/aromatic N) is 1. The third-order valence-electron chi connectivity index (χ3n) is 2.78. The topological polar surface area (TPSA) is 93.8 Å². The molecule has 0 unspecified atom stereocenters. The second-order valence-electron chi connectivity index (χ2n) is 8.26. The third-order valence-corrected chi connectivity index (χ3v) is 2.78. The minimum Gasteiger partial charge on any atom is -0.463 e. The molecule has 0 saturated heterocycles. The number of amidine groups is 1. The van der Waals surface area contributed by atoms with Gasteiger partial charge in [-0.1, -0.05) is 41.5 Å². The smallest absolute Gasteiger partial charge is 0.308 e. The molecule has 0 heterocycles. The van der Waals surface area contributed by atoms with Gasteiger partial charge >= 0.3 is 5.97 Å². The zero-order valence-corrected chi connectivity index (χ0v) is 19.7. The van der Waals surface area contributed by atoms with Crippen LogP contribution in [0.2, 0.25) is 0 Å². The maximum Gasteiger partial charge on any atom is 0.308 e. The Balaban J connectivity index is -0.000000320. The number of carbonyl (C=O) groups is 2. The Morgan fingerprint density at radius 1 is 0.778 bits per heavy atom. The van der Waals surface area contributed by atoms with Crippen LogP contribution in [0.5, 0.6) is 0 Å². The largest absolute Gasteiger partial charge is 0.463 e. The summed E-state index contributed by atoms with van der Waals surface area (Å²) in [5, 5.41) is 2.80. The van der Waals surface area contributed by atoms with Crippen LogP contribution >= 0.6 is 0 Å². The van der Waals surface area contributed by atoms with Crippen molar-refractivity contribution in [2.75, 3.05) is 0 Å². The van der Waals surface area contributed by atoms with Gasteiger partial charge in [-0.25, -0.2) is 0 Å². The Morgan fingerprint density at radius 3 is 1.33 bits per heavy atom. The molecule has 0 spiro atoms. The van der Waals surface area contributed by atoms with Crippen molar-refractivity contribution in [1.29, 1.82) is 0 Å². The Labute approximate surface area is 167 Å². The van der Waals surface area contributed by atoms with Gasteiger partial charge in [0.15, 0.2) is 0 Å². The van der Waals surface area contributed by atoms with Gasteiger partial charge < -0.3 is 15.8 Å². The number of amides is 1. The van der Waals surface area contributed by atoms with Crippen LogP contribution in [0.15, 0.2) is 4.99 Å². The predicted octanol–water partition coefficient (Wildman–Crippen LogP) is 4.17. The Kier molecular flexibility index (Phi) is 18.5. The molecular weight excluding hydrogens is 342 g/mol. The SMILES string of the molecule is CC(C)N=C(N)C(C)C.CC(C)NC(=O)C(C)C.CC(C)OC(=O)C(C)C. The average molecular weight is 388 g/mol. The fourth-order valence-corrected chi connectivity index (χ4v) is 1.27. The van der Waals surface area contributed by atoms with E-state index in [4.69, 9.17) is 10.5 Å². The average Bonchev–Trinajstić information content (AvgIpc) is 2.46. The standard InChI is InChI=1S/C7H16N2.C7H15NO.C7H14O2/c1-5(2)7(8)9-6(3)4;1-5(2)7(9)8-6(3)4;1-5(2)7(8)9-6(3)4/h5-6H,1-4H3,(H2,8,9);5-6H,1-4H3,(H,8,9);5-6H,1-4H3. The van der Waals surface area contributed by atoms with Crippen LogP contribution in [0.25, 0.3) is 0 Å². The predicted molar refractivity (Wildman–Crippen MR) is 116 cm³/mol. The van der Waals surface area contributed by atoms with Crippen LogP contribution in [0.4, 0.5) is 0 Å². The number of esters is 1. The first-order chi connectivity index (χ1) is 12.1. The maximum atomic E-state index is 10.8. The molecule has 0 aliphatic heterocycles. The molecule has 6 nitrogen and oxygen atoms in total. The summed E-state index contributed by atoms with van der Waals surface area (Å²) in [6.07, 6.45) is 0.0138. The lowest BCUT2D eigenvalue weighted by Crippen LogP contribution is -2.33. The number of hydrogen-bond donors (Lipinski definition) is 2. The van der Waals surface area contributed by atoms with E-state index < -0.39 is 0 Å². The van der Waals surface area contributed by atoms with Crippen LogP contribution in [-0.2, 0) is 14.3 Å². The van der Waals surface area contributed by atoms with Crippen LogP contribution < -0.4 is 11.1 Å². The summed E-state index contributed by atoms with van der Waals surface area (Å²) >= 11 is 0. The highest BCUT2D eigenvalue weighted by Gasteiger charge is 2.09. The number of hydrogen-bond acceptors (Lipinski definition) is 4. The van der Waals surface area contributed by atoms with Gasteiger partial charge in [0.1, 0.15) is 0 Å². The summed E-state index contributed by atoms with van der Waals surface area (Å²) in [7, 11) is 0. The number of carbonyl (C=O) groups excluding carboxylic acids is 2. The van der Waals surface area contributed by atoms with Crippen molar-refractivity contribution in [3.63, 3.8) is 0 Å². The molecule has 0 aliphatic rings. The highest BCUT2D eigenvalue weighted by molar-refractivity contribution is 5.82. The molecule has 0 radical (unpaired) electrons. The van der Waals surface area contributed by atoms with Crippen molar-refractivity contribution in [2.45, 2.75) is 101 Å². The number of nitrogens with one attached hydrogen (secondary N) is 1. The molecule has 0 aromatic heterocycles. The fourth-order valence-electron chi connectivity index (χ4n) is 1.27. The summed E-state index contributed by atoms with van der Waals surface area (Å²) in [6.45, 7) is 23.2. The third kappa shape index (κ3) is 24.4. The molecular formula is C21H45N3O3. The van der Waals surface area contributed by atoms with Gasteiger partial charge in [-0.2, -0.15) is 0 Å². The van der Waals surface area contributed by atoms with Crippen LogP contribution in [-0.4, -0.2) is 35.9 Å². The molecule has 0 fully saturated rings. The maximum absolute atomic E-state index is 10.8. The molecule has 162 valence electrons. The number of nitrogens with two attached hydrogens (primary N) is 1. The van der Waals surface area contributed by atoms with E-state index in [0.717, 1.165) is 5.84 Å². The first-order valence-electron chi connectivity index (χ1n) is 9.95. The first-order valence-corrected chi connectivity index (χ1v) is 9.95. The van der Waals surface area contributed by atoms with Crippen molar-refractivity contribution in [3.8, 4) is 0 Å². The highest BCUT2D eigenvalue weighted by Crippen LogP contribution is 1.98. The fraction of sp³-hybridized carbons (Fsp3) is 0.857. The summed E-state index contributed by atoms with van der Waals surface area (Å²) < 4.78 is 4.87. The molecule has 0 rings (SSSR count). The number of rotatable bonds is 6. The van der Waals surface area contributed by atoms with Crippen LogP contribution in [0.1, 0.15) is 83.1 Å². The molecule has 0 bridgehead atoms. The Morgan fingerprint density at radius 2 is 1.22 bits per heavy atom. The van der Waals surface area contributed by atoms with Gasteiger partial charge in [0, 0.05) is 23.9 Å². The molecule has 0 aromatic carbocycles. The van der Waals surface area contributed by atoms with Crippen molar-refractivity contribution < 1.29 is 14.3 Å². The summed E-state index contributed by atoms with van der Waals surface area (Å²) in [5.74, 6) is 1.24. The second-order valence-corrected chi connectivity index (χ2v) is 8.26. The molecule has 1 amide bonds. The molecule has 0 aliphatic carbocycles. The molecule has 3 N–H and O–H groups in total. The summed E-state index contributed by atoms with van der Waals surface area (Å²) in [4.78, 5) is 25.7. The van der Waals surface area contributed by atoms with Gasteiger partial charge in [0.2, 0.25) is 5.91 Å². The zero-order valence-electron chi connectivity index (χ0n) is 19.7. The van der Waals surface area contributed by atoms with E-state index in [0.29, 0.717) is 12.0 Å². The van der Waals surface area contributed by atoms with E-state index in [1.165, 1.54) is 0 Å². The van der Waals surface area contributed by atoms with Gasteiger partial charge in [-0.05, 0) is 41.5 Å². The lowest BCUT2D eigenvalue weighted by Gasteiger charge is -2.09. The molecule has 6 heteroatoms. The second kappa shape index (κ2) is 16.6. The van der Waals surface area contributed by atoms with Crippen molar-refractivity contribution >= 4 is 17.7 Å². The van der Waals surface area contributed by atoms with Crippen LogP contribution in [0, 0.1) is 17.8 Å². The lowest BCUT2D eigenvalue weighted by molar-refractivity contribution is -0.151. The van der Waals surface area contributed by atoms with E-state index in [1.54, 1.807) is 0 Å². The quantitative estimate of drug-likeness (QED) is 0.406. The van der Waals surface area contributed by atoms with Crippen molar-refractivity contribution in [1.82, 2.24) is 5.32 Å². The minimum atomic E-state index is -0.120. The number of ether oxygens (including phenoxy) is 1. The molecule has 0 atom stereocenters. The van der Waals surface area contributed by atoms with Gasteiger partial charge in [-0.15, -0.1) is 0 Å². The molecule has 0 aromatic rings. The van der Waals surface area contributed by atoms with E-state index in [-0.39, 0.29) is 35.9 Å². The van der Waals surface area contributed by atoms with Crippen molar-refractivity contribution in [3.05, 3.63) is 0 Å². The normalized spacial score (nSPS) is 11.4. The highest BCUT2D eigenvalue weighted by atomic mass is 16.5. The Bertz CT molecular complexity index is 400.